The highest BCUT2D eigenvalue weighted by atomic mass is 32.2. The Hall–Kier alpha value is -1.23. The summed E-state index contributed by atoms with van der Waals surface area (Å²) in [6, 6.07) is 5.48. The minimum atomic E-state index is -1.51. The molecule has 0 N–H and O–H groups in total. The van der Waals surface area contributed by atoms with Gasteiger partial charge < -0.3 is 4.74 Å². The second-order valence-electron chi connectivity index (χ2n) is 3.20. The molecule has 0 saturated carbocycles. The molecule has 3 nitrogen and oxygen atoms in total. The molecular weight excluding hydrogens is 219 g/mol. The van der Waals surface area contributed by atoms with Crippen LogP contribution >= 0.6 is 0 Å². The molecule has 0 radical (unpaired) electrons. The lowest BCUT2D eigenvalue weighted by molar-refractivity contribution is -0.137. The maximum Gasteiger partial charge on any atom is 0.322 e. The van der Waals surface area contributed by atoms with Crippen LogP contribution in [0.2, 0.25) is 0 Å². The van der Waals surface area contributed by atoms with E-state index >= 15 is 0 Å². The summed E-state index contributed by atoms with van der Waals surface area (Å²) in [6.45, 7) is 0.296. The van der Waals surface area contributed by atoms with E-state index in [0.717, 1.165) is 0 Å². The lowest BCUT2D eigenvalue weighted by atomic mass is 10.3. The molecule has 1 aliphatic heterocycles. The number of hydrogen-bond donors (Lipinski definition) is 0. The van der Waals surface area contributed by atoms with Crippen molar-refractivity contribution < 1.29 is 18.1 Å². The second kappa shape index (κ2) is 4.10. The highest BCUT2D eigenvalue weighted by Crippen LogP contribution is 2.19. The first kappa shape index (κ1) is 10.3. The molecule has 0 bridgehead atoms. The van der Waals surface area contributed by atoms with Gasteiger partial charge in [-0.05, 0) is 18.2 Å². The molecule has 1 aliphatic rings. The third-order valence-electron chi connectivity index (χ3n) is 2.17. The van der Waals surface area contributed by atoms with Crippen LogP contribution in [0.5, 0.6) is 0 Å². The van der Waals surface area contributed by atoms with E-state index in [-0.39, 0.29) is 0 Å². The number of halogens is 1. The number of benzene rings is 1. The molecule has 0 aromatic heterocycles. The Kier molecular flexibility index (Phi) is 2.81. The molecular formula is C10H9FO3S. The van der Waals surface area contributed by atoms with E-state index in [1.165, 1.54) is 18.2 Å². The second-order valence-corrected chi connectivity index (χ2v) is 4.83. The SMILES string of the molecule is O=C1OCCC1S(=O)c1cccc(F)c1. The Bertz CT molecular complexity index is 419. The van der Waals surface area contributed by atoms with Crippen molar-refractivity contribution in [3.8, 4) is 0 Å². The molecule has 2 unspecified atom stereocenters. The molecule has 0 amide bonds. The number of carbonyl (C=O) groups excluding carboxylic acids is 1. The fourth-order valence-electron chi connectivity index (χ4n) is 1.43. The summed E-state index contributed by atoms with van der Waals surface area (Å²) < 4.78 is 29.4. The molecule has 15 heavy (non-hydrogen) atoms. The molecule has 2 atom stereocenters. The zero-order valence-electron chi connectivity index (χ0n) is 7.81. The fraction of sp³-hybridized carbons (Fsp3) is 0.300. The Balaban J connectivity index is 2.24. The van der Waals surface area contributed by atoms with E-state index in [1.54, 1.807) is 6.07 Å². The van der Waals surface area contributed by atoms with E-state index in [9.17, 15) is 13.4 Å². The average molecular weight is 228 g/mol. The summed E-state index contributed by atoms with van der Waals surface area (Å²) in [5, 5.41) is -0.646. The van der Waals surface area contributed by atoms with Gasteiger partial charge in [0.05, 0.1) is 17.4 Å². The van der Waals surface area contributed by atoms with Crippen LogP contribution in [0.4, 0.5) is 4.39 Å². The first-order valence-electron chi connectivity index (χ1n) is 4.51. The van der Waals surface area contributed by atoms with Gasteiger partial charge >= 0.3 is 5.97 Å². The molecule has 2 rings (SSSR count). The number of ether oxygens (including phenoxy) is 1. The van der Waals surface area contributed by atoms with Crippen LogP contribution in [-0.4, -0.2) is 22.0 Å². The van der Waals surface area contributed by atoms with Crippen molar-refractivity contribution in [3.05, 3.63) is 30.1 Å². The van der Waals surface area contributed by atoms with Crippen molar-refractivity contribution in [2.75, 3.05) is 6.61 Å². The molecule has 0 aliphatic carbocycles. The van der Waals surface area contributed by atoms with E-state index in [0.29, 0.717) is 17.9 Å². The van der Waals surface area contributed by atoms with Crippen LogP contribution in [0.3, 0.4) is 0 Å². The monoisotopic (exact) mass is 228 g/mol. The number of rotatable bonds is 2. The van der Waals surface area contributed by atoms with Crippen molar-refractivity contribution in [3.63, 3.8) is 0 Å². The highest BCUT2D eigenvalue weighted by molar-refractivity contribution is 7.86. The van der Waals surface area contributed by atoms with E-state index < -0.39 is 27.8 Å². The van der Waals surface area contributed by atoms with Crippen LogP contribution in [0.25, 0.3) is 0 Å². The fourth-order valence-corrected chi connectivity index (χ4v) is 2.75. The number of esters is 1. The van der Waals surface area contributed by atoms with Crippen LogP contribution in [0.1, 0.15) is 6.42 Å². The van der Waals surface area contributed by atoms with Crippen LogP contribution in [0.15, 0.2) is 29.2 Å². The summed E-state index contributed by atoms with van der Waals surface area (Å²) in [5.41, 5.74) is 0. The minimum Gasteiger partial charge on any atom is -0.465 e. The van der Waals surface area contributed by atoms with Gasteiger partial charge in [0.2, 0.25) is 0 Å². The molecule has 0 spiro atoms. The number of hydrogen-bond acceptors (Lipinski definition) is 3. The molecule has 80 valence electrons. The molecule has 1 fully saturated rings. The predicted molar refractivity (Wildman–Crippen MR) is 52.2 cm³/mol. The van der Waals surface area contributed by atoms with E-state index in [2.05, 4.69) is 0 Å². The van der Waals surface area contributed by atoms with Gasteiger partial charge in [-0.15, -0.1) is 0 Å². The third-order valence-corrected chi connectivity index (χ3v) is 3.84. The van der Waals surface area contributed by atoms with Crippen molar-refractivity contribution in [2.45, 2.75) is 16.6 Å². The van der Waals surface area contributed by atoms with E-state index in [4.69, 9.17) is 4.74 Å². The molecule has 1 saturated heterocycles. The highest BCUT2D eigenvalue weighted by Gasteiger charge is 2.32. The molecule has 1 aromatic rings. The average Bonchev–Trinajstić information content (AvgIpc) is 2.63. The Morgan fingerprint density at radius 1 is 1.47 bits per heavy atom. The van der Waals surface area contributed by atoms with Crippen molar-refractivity contribution >= 4 is 16.8 Å². The van der Waals surface area contributed by atoms with Crippen molar-refractivity contribution in [1.82, 2.24) is 0 Å². The van der Waals surface area contributed by atoms with Gasteiger partial charge in [0.1, 0.15) is 11.1 Å². The van der Waals surface area contributed by atoms with Crippen LogP contribution in [-0.2, 0) is 20.3 Å². The molecule has 5 heteroatoms. The van der Waals surface area contributed by atoms with Gasteiger partial charge in [-0.2, -0.15) is 0 Å². The molecule has 1 aromatic carbocycles. The lowest BCUT2D eigenvalue weighted by Gasteiger charge is -2.05. The smallest absolute Gasteiger partial charge is 0.322 e. The van der Waals surface area contributed by atoms with Crippen molar-refractivity contribution in [1.29, 1.82) is 0 Å². The minimum absolute atomic E-state index is 0.296. The topological polar surface area (TPSA) is 43.4 Å². The zero-order valence-corrected chi connectivity index (χ0v) is 8.63. The van der Waals surface area contributed by atoms with Gasteiger partial charge in [0.15, 0.2) is 0 Å². The Morgan fingerprint density at radius 2 is 2.27 bits per heavy atom. The van der Waals surface area contributed by atoms with Crippen LogP contribution in [0, 0.1) is 5.82 Å². The number of cyclic esters (lactones) is 1. The Labute approximate surface area is 88.7 Å². The summed E-state index contributed by atoms with van der Waals surface area (Å²) in [4.78, 5) is 11.5. The van der Waals surface area contributed by atoms with Gasteiger partial charge in [-0.25, -0.2) is 4.39 Å². The molecule has 1 heterocycles. The lowest BCUT2D eigenvalue weighted by Crippen LogP contribution is -2.20. The maximum absolute atomic E-state index is 12.9. The largest absolute Gasteiger partial charge is 0.465 e. The first-order chi connectivity index (χ1) is 7.18. The van der Waals surface area contributed by atoms with Gasteiger partial charge in [-0.1, -0.05) is 6.07 Å². The Morgan fingerprint density at radius 3 is 2.87 bits per heavy atom. The zero-order chi connectivity index (χ0) is 10.8. The van der Waals surface area contributed by atoms with Gasteiger partial charge in [0.25, 0.3) is 0 Å². The summed E-state index contributed by atoms with van der Waals surface area (Å²) >= 11 is 0. The number of carbonyl (C=O) groups is 1. The standard InChI is InChI=1S/C10H9FO3S/c11-7-2-1-3-8(6-7)15(13)9-4-5-14-10(9)12/h1-3,6,9H,4-5H2. The normalized spacial score (nSPS) is 22.5. The maximum atomic E-state index is 12.9. The predicted octanol–water partition coefficient (Wildman–Crippen LogP) is 1.25. The van der Waals surface area contributed by atoms with Gasteiger partial charge in [-0.3, -0.25) is 9.00 Å². The van der Waals surface area contributed by atoms with E-state index in [1.807, 2.05) is 0 Å². The quantitative estimate of drug-likeness (QED) is 0.715. The van der Waals surface area contributed by atoms with Crippen molar-refractivity contribution in [2.24, 2.45) is 0 Å². The summed E-state index contributed by atoms with van der Waals surface area (Å²) in [5.74, 6) is -0.912. The third kappa shape index (κ3) is 2.07. The van der Waals surface area contributed by atoms with Crippen LogP contribution < -0.4 is 0 Å². The summed E-state index contributed by atoms with van der Waals surface area (Å²) in [6.07, 6.45) is 0.432. The first-order valence-corrected chi connectivity index (χ1v) is 5.72. The summed E-state index contributed by atoms with van der Waals surface area (Å²) in [7, 11) is -1.51. The van der Waals surface area contributed by atoms with Gasteiger partial charge in [0, 0.05) is 11.3 Å².